The van der Waals surface area contributed by atoms with Gasteiger partial charge in [-0.3, -0.25) is 0 Å². The fourth-order valence-electron chi connectivity index (χ4n) is 2.39. The van der Waals surface area contributed by atoms with Crippen LogP contribution in [-0.2, 0) is 0 Å². The molecule has 0 aliphatic carbocycles. The number of likely N-dealkylation sites (N-methyl/N-ethyl adjacent to an activating group) is 1. The smallest absolute Gasteiger partial charge is 0.204 e. The van der Waals surface area contributed by atoms with Crippen LogP contribution in [0.2, 0.25) is 0 Å². The first-order valence-electron chi connectivity index (χ1n) is 6.19. The molecule has 1 unspecified atom stereocenters. The minimum atomic E-state index is 0.414. The molecule has 0 spiro atoms. The molecule has 6 nitrogen and oxygen atoms in total. The van der Waals surface area contributed by atoms with Crippen molar-refractivity contribution in [3.63, 3.8) is 0 Å². The van der Waals surface area contributed by atoms with E-state index in [0.29, 0.717) is 6.04 Å². The van der Waals surface area contributed by atoms with Crippen LogP contribution >= 0.6 is 0 Å². The standard InChI is InChI=1S/C12H21N5O/c1-9-7-16(3)5-6-17(9)12-10(18-4)11(13-2)14-8-15-12/h8-9H,5-7H2,1-4H3,(H,13,14,15). The first-order chi connectivity index (χ1) is 8.67. The Morgan fingerprint density at radius 3 is 2.78 bits per heavy atom. The molecule has 0 saturated carbocycles. The highest BCUT2D eigenvalue weighted by molar-refractivity contribution is 5.65. The molecule has 2 heterocycles. The molecule has 2 rings (SSSR count). The van der Waals surface area contributed by atoms with Crippen molar-refractivity contribution in [2.75, 3.05) is 51.1 Å². The van der Waals surface area contributed by atoms with Gasteiger partial charge in [0.05, 0.1) is 7.11 Å². The van der Waals surface area contributed by atoms with Crippen LogP contribution in [0.4, 0.5) is 11.6 Å². The van der Waals surface area contributed by atoms with E-state index in [4.69, 9.17) is 4.74 Å². The van der Waals surface area contributed by atoms with Crippen molar-refractivity contribution < 1.29 is 4.74 Å². The molecule has 6 heteroatoms. The van der Waals surface area contributed by atoms with Crippen LogP contribution < -0.4 is 15.0 Å². The van der Waals surface area contributed by atoms with Gasteiger partial charge in [-0.2, -0.15) is 0 Å². The molecule has 1 aliphatic heterocycles. The number of nitrogens with zero attached hydrogens (tertiary/aromatic N) is 4. The van der Waals surface area contributed by atoms with Crippen LogP contribution in [0.1, 0.15) is 6.92 Å². The second-order valence-electron chi connectivity index (χ2n) is 4.63. The van der Waals surface area contributed by atoms with Gasteiger partial charge in [-0.25, -0.2) is 9.97 Å². The molecule has 1 N–H and O–H groups in total. The Hall–Kier alpha value is -1.56. The summed E-state index contributed by atoms with van der Waals surface area (Å²) < 4.78 is 5.45. The predicted octanol–water partition coefficient (Wildman–Crippen LogP) is 0.667. The van der Waals surface area contributed by atoms with Crippen molar-refractivity contribution in [2.45, 2.75) is 13.0 Å². The average molecular weight is 251 g/mol. The third kappa shape index (κ3) is 2.33. The SMILES string of the molecule is CNc1ncnc(N2CCN(C)CC2C)c1OC. The van der Waals surface area contributed by atoms with Crippen molar-refractivity contribution in [1.29, 1.82) is 0 Å². The maximum atomic E-state index is 5.45. The minimum Gasteiger partial charge on any atom is -0.490 e. The van der Waals surface area contributed by atoms with Gasteiger partial charge in [-0.15, -0.1) is 0 Å². The molecular formula is C12H21N5O. The van der Waals surface area contributed by atoms with E-state index < -0.39 is 0 Å². The fourth-order valence-corrected chi connectivity index (χ4v) is 2.39. The normalized spacial score (nSPS) is 20.9. The van der Waals surface area contributed by atoms with Crippen molar-refractivity contribution in [2.24, 2.45) is 0 Å². The highest BCUT2D eigenvalue weighted by Gasteiger charge is 2.26. The fraction of sp³-hybridized carbons (Fsp3) is 0.667. The van der Waals surface area contributed by atoms with Crippen LogP contribution in [0.3, 0.4) is 0 Å². The molecular weight excluding hydrogens is 230 g/mol. The van der Waals surface area contributed by atoms with E-state index in [2.05, 4.69) is 39.1 Å². The first kappa shape index (κ1) is 12.9. The lowest BCUT2D eigenvalue weighted by molar-refractivity contribution is 0.273. The van der Waals surface area contributed by atoms with Gasteiger partial charge in [-0.05, 0) is 14.0 Å². The summed E-state index contributed by atoms with van der Waals surface area (Å²) in [6.45, 7) is 5.22. The Bertz CT molecular complexity index is 411. The third-order valence-electron chi connectivity index (χ3n) is 3.33. The van der Waals surface area contributed by atoms with Crippen LogP contribution in [0.15, 0.2) is 6.33 Å². The number of ether oxygens (including phenoxy) is 1. The van der Waals surface area contributed by atoms with Crippen LogP contribution in [-0.4, -0.2) is 61.7 Å². The summed E-state index contributed by atoms with van der Waals surface area (Å²) in [5.41, 5.74) is 0. The Labute approximate surface area is 108 Å². The first-order valence-corrected chi connectivity index (χ1v) is 6.19. The Kier molecular flexibility index (Phi) is 3.86. The summed E-state index contributed by atoms with van der Waals surface area (Å²) in [5.74, 6) is 2.32. The van der Waals surface area contributed by atoms with Gasteiger partial charge in [-0.1, -0.05) is 0 Å². The zero-order chi connectivity index (χ0) is 13.1. The van der Waals surface area contributed by atoms with E-state index in [1.54, 1.807) is 13.4 Å². The molecule has 0 aromatic carbocycles. The van der Waals surface area contributed by atoms with Crippen molar-refractivity contribution >= 4 is 11.6 Å². The largest absolute Gasteiger partial charge is 0.490 e. The quantitative estimate of drug-likeness (QED) is 0.852. The van der Waals surface area contributed by atoms with Crippen molar-refractivity contribution in [1.82, 2.24) is 14.9 Å². The minimum absolute atomic E-state index is 0.414. The number of nitrogens with one attached hydrogen (secondary N) is 1. The molecule has 1 aromatic rings. The summed E-state index contributed by atoms with van der Waals surface area (Å²) >= 11 is 0. The second-order valence-corrected chi connectivity index (χ2v) is 4.63. The number of aromatic nitrogens is 2. The monoisotopic (exact) mass is 251 g/mol. The predicted molar refractivity (Wildman–Crippen MR) is 72.4 cm³/mol. The number of piperazine rings is 1. The van der Waals surface area contributed by atoms with Crippen molar-refractivity contribution in [3.8, 4) is 5.75 Å². The molecule has 0 radical (unpaired) electrons. The lowest BCUT2D eigenvalue weighted by atomic mass is 10.2. The molecule has 1 fully saturated rings. The molecule has 1 aromatic heterocycles. The zero-order valence-electron chi connectivity index (χ0n) is 11.5. The van der Waals surface area contributed by atoms with Gasteiger partial charge >= 0.3 is 0 Å². The van der Waals surface area contributed by atoms with Crippen LogP contribution in [0, 0.1) is 0 Å². The van der Waals surface area contributed by atoms with E-state index in [9.17, 15) is 0 Å². The molecule has 0 bridgehead atoms. The van der Waals surface area contributed by atoms with Gasteiger partial charge in [0.25, 0.3) is 0 Å². The zero-order valence-corrected chi connectivity index (χ0v) is 11.5. The maximum Gasteiger partial charge on any atom is 0.204 e. The Balaban J connectivity index is 2.32. The highest BCUT2D eigenvalue weighted by Crippen LogP contribution is 2.33. The molecule has 100 valence electrons. The number of methoxy groups -OCH3 is 1. The lowest BCUT2D eigenvalue weighted by Crippen LogP contribution is -2.51. The van der Waals surface area contributed by atoms with Crippen LogP contribution in [0.25, 0.3) is 0 Å². The van der Waals surface area contributed by atoms with E-state index in [1.165, 1.54) is 0 Å². The number of hydrogen-bond donors (Lipinski definition) is 1. The second kappa shape index (κ2) is 5.39. The molecule has 1 atom stereocenters. The lowest BCUT2D eigenvalue weighted by Gasteiger charge is -2.39. The summed E-state index contributed by atoms with van der Waals surface area (Å²) in [4.78, 5) is 13.2. The topological polar surface area (TPSA) is 53.5 Å². The molecule has 0 amide bonds. The average Bonchev–Trinajstić information content (AvgIpc) is 2.37. The van der Waals surface area contributed by atoms with E-state index >= 15 is 0 Å². The van der Waals surface area contributed by atoms with Gasteiger partial charge in [0.15, 0.2) is 11.6 Å². The van der Waals surface area contributed by atoms with Gasteiger partial charge in [0, 0.05) is 32.7 Å². The summed E-state index contributed by atoms with van der Waals surface area (Å²) in [7, 11) is 5.63. The van der Waals surface area contributed by atoms with E-state index in [1.807, 2.05) is 7.05 Å². The third-order valence-corrected chi connectivity index (χ3v) is 3.33. The number of rotatable bonds is 3. The summed E-state index contributed by atoms with van der Waals surface area (Å²) in [5, 5.41) is 3.04. The maximum absolute atomic E-state index is 5.45. The van der Waals surface area contributed by atoms with Gasteiger partial charge in [0.1, 0.15) is 6.33 Å². The number of anilines is 2. The van der Waals surface area contributed by atoms with E-state index in [0.717, 1.165) is 37.0 Å². The highest BCUT2D eigenvalue weighted by atomic mass is 16.5. The molecule has 18 heavy (non-hydrogen) atoms. The van der Waals surface area contributed by atoms with E-state index in [-0.39, 0.29) is 0 Å². The molecule has 1 saturated heterocycles. The van der Waals surface area contributed by atoms with Crippen LogP contribution in [0.5, 0.6) is 5.75 Å². The van der Waals surface area contributed by atoms with Gasteiger partial charge in [0.2, 0.25) is 5.75 Å². The van der Waals surface area contributed by atoms with Gasteiger partial charge < -0.3 is 19.9 Å². The summed E-state index contributed by atoms with van der Waals surface area (Å²) in [6.07, 6.45) is 1.58. The van der Waals surface area contributed by atoms with Crippen molar-refractivity contribution in [3.05, 3.63) is 6.33 Å². The Morgan fingerprint density at radius 2 is 2.17 bits per heavy atom. The summed E-state index contributed by atoms with van der Waals surface area (Å²) in [6, 6.07) is 0.414. The number of hydrogen-bond acceptors (Lipinski definition) is 6. The Morgan fingerprint density at radius 1 is 1.39 bits per heavy atom. The molecule has 1 aliphatic rings.